The van der Waals surface area contributed by atoms with Gasteiger partial charge in [-0.2, -0.15) is 0 Å². The molecule has 5 rings (SSSR count). The van der Waals surface area contributed by atoms with Crippen molar-refractivity contribution in [2.24, 2.45) is 5.92 Å². The second-order valence-corrected chi connectivity index (χ2v) is 8.87. The first-order chi connectivity index (χ1) is 14.6. The summed E-state index contributed by atoms with van der Waals surface area (Å²) in [4.78, 5) is 42.7. The number of aryl methyl sites for hydroxylation is 1. The van der Waals surface area contributed by atoms with Crippen molar-refractivity contribution < 1.29 is 9.59 Å². The van der Waals surface area contributed by atoms with Gasteiger partial charge in [0, 0.05) is 38.8 Å². The standard InChI is InChI=1S/C20H22N6O3S/c27-17-2-1-5-24(17)11-14-12-26(23-22-14)6-3-13-9-25(10-13)20(29)16-8-21-19(28)15-4-7-30-18(15)16/h4,7-8,12-13H,1-3,5-6,9-11H2,(H,21,28). The fourth-order valence-corrected chi connectivity index (χ4v) is 5.03. The minimum absolute atomic E-state index is 0.0340. The lowest BCUT2D eigenvalue weighted by molar-refractivity contribution is -0.128. The van der Waals surface area contributed by atoms with E-state index in [2.05, 4.69) is 15.3 Å². The van der Waals surface area contributed by atoms with Crippen molar-refractivity contribution in [3.05, 3.63) is 45.5 Å². The maximum Gasteiger partial charge on any atom is 0.256 e. The van der Waals surface area contributed by atoms with Crippen LogP contribution in [0.2, 0.25) is 0 Å². The van der Waals surface area contributed by atoms with Crippen LogP contribution in [0.5, 0.6) is 0 Å². The van der Waals surface area contributed by atoms with E-state index in [9.17, 15) is 14.4 Å². The maximum absolute atomic E-state index is 12.8. The molecular weight excluding hydrogens is 404 g/mol. The van der Waals surface area contributed by atoms with Crippen LogP contribution in [-0.4, -0.2) is 61.2 Å². The van der Waals surface area contributed by atoms with Crippen LogP contribution in [0.15, 0.2) is 28.6 Å². The Bertz CT molecular complexity index is 1160. The summed E-state index contributed by atoms with van der Waals surface area (Å²) in [6, 6.07) is 1.75. The van der Waals surface area contributed by atoms with Gasteiger partial charge in [0.2, 0.25) is 5.91 Å². The predicted octanol–water partition coefficient (Wildman–Crippen LogP) is 1.47. The van der Waals surface area contributed by atoms with Crippen molar-refractivity contribution in [3.8, 4) is 0 Å². The van der Waals surface area contributed by atoms with E-state index in [1.165, 1.54) is 17.5 Å². The first kappa shape index (κ1) is 19.0. The molecule has 2 aliphatic rings. The van der Waals surface area contributed by atoms with Gasteiger partial charge in [-0.05, 0) is 30.2 Å². The monoisotopic (exact) mass is 426 g/mol. The van der Waals surface area contributed by atoms with E-state index in [1.807, 2.05) is 26.1 Å². The Hall–Kier alpha value is -3.01. The molecule has 1 N–H and O–H groups in total. The van der Waals surface area contributed by atoms with Crippen molar-refractivity contribution in [3.63, 3.8) is 0 Å². The number of hydrogen-bond acceptors (Lipinski definition) is 6. The number of rotatable bonds is 6. The number of nitrogens with zero attached hydrogens (tertiary/aromatic N) is 5. The van der Waals surface area contributed by atoms with E-state index in [0.29, 0.717) is 42.9 Å². The fourth-order valence-electron chi connectivity index (χ4n) is 4.13. The molecule has 0 aliphatic carbocycles. The minimum atomic E-state index is -0.161. The predicted molar refractivity (Wildman–Crippen MR) is 111 cm³/mol. The number of hydrogen-bond donors (Lipinski definition) is 1. The van der Waals surface area contributed by atoms with Crippen molar-refractivity contribution in [2.45, 2.75) is 32.4 Å². The molecule has 3 aromatic rings. The molecule has 5 heterocycles. The molecule has 2 fully saturated rings. The molecule has 0 saturated carbocycles. The quantitative estimate of drug-likeness (QED) is 0.643. The number of carbonyl (C=O) groups excluding carboxylic acids is 2. The maximum atomic E-state index is 12.8. The molecular formula is C20H22N6O3S. The number of fused-ring (bicyclic) bond motifs is 1. The van der Waals surface area contributed by atoms with Crippen LogP contribution >= 0.6 is 11.3 Å². The lowest BCUT2D eigenvalue weighted by Crippen LogP contribution is -2.50. The number of carbonyl (C=O) groups is 2. The Kier molecular flexibility index (Phi) is 4.86. The Balaban J connectivity index is 1.13. The van der Waals surface area contributed by atoms with Crippen LogP contribution in [0.4, 0.5) is 0 Å². The van der Waals surface area contributed by atoms with Gasteiger partial charge in [-0.3, -0.25) is 19.1 Å². The number of H-pyrrole nitrogens is 1. The summed E-state index contributed by atoms with van der Waals surface area (Å²) in [5.74, 6) is 0.572. The number of nitrogens with one attached hydrogen (secondary N) is 1. The summed E-state index contributed by atoms with van der Waals surface area (Å²) in [5, 5.41) is 10.7. The molecule has 3 aromatic heterocycles. The fraction of sp³-hybridized carbons (Fsp3) is 0.450. The van der Waals surface area contributed by atoms with Crippen molar-refractivity contribution in [1.29, 1.82) is 0 Å². The molecule has 0 unspecified atom stereocenters. The molecule has 0 spiro atoms. The number of likely N-dealkylation sites (tertiary alicyclic amines) is 2. The summed E-state index contributed by atoms with van der Waals surface area (Å²) in [6.45, 7) is 3.47. The summed E-state index contributed by atoms with van der Waals surface area (Å²) in [6.07, 6.45) is 5.89. The number of pyridine rings is 1. The molecule has 2 amide bonds. The first-order valence-corrected chi connectivity index (χ1v) is 11.0. The zero-order chi connectivity index (χ0) is 20.7. The van der Waals surface area contributed by atoms with Gasteiger partial charge < -0.3 is 14.8 Å². The summed E-state index contributed by atoms with van der Waals surface area (Å²) >= 11 is 1.42. The third-order valence-electron chi connectivity index (χ3n) is 5.85. The van der Waals surface area contributed by atoms with Crippen molar-refractivity contribution in [2.75, 3.05) is 19.6 Å². The van der Waals surface area contributed by atoms with E-state index >= 15 is 0 Å². The average molecular weight is 427 g/mol. The minimum Gasteiger partial charge on any atom is -0.338 e. The lowest BCUT2D eigenvalue weighted by Gasteiger charge is -2.39. The highest BCUT2D eigenvalue weighted by Gasteiger charge is 2.32. The average Bonchev–Trinajstić information content (AvgIpc) is 3.43. The Morgan fingerprint density at radius 1 is 1.30 bits per heavy atom. The van der Waals surface area contributed by atoms with Crippen LogP contribution in [0.1, 0.15) is 35.3 Å². The highest BCUT2D eigenvalue weighted by atomic mass is 32.1. The molecule has 9 nitrogen and oxygen atoms in total. The third kappa shape index (κ3) is 3.51. The molecule has 2 aliphatic heterocycles. The SMILES string of the molecule is O=C1CCCN1Cc1cn(CCC2CN(C(=O)c3c[nH]c(=O)c4ccsc34)C2)nn1. The summed E-state index contributed by atoms with van der Waals surface area (Å²) < 4.78 is 2.57. The highest BCUT2D eigenvalue weighted by Crippen LogP contribution is 2.27. The van der Waals surface area contributed by atoms with Crippen molar-refractivity contribution >= 4 is 33.2 Å². The number of aromatic nitrogens is 4. The highest BCUT2D eigenvalue weighted by molar-refractivity contribution is 7.17. The Morgan fingerprint density at radius 3 is 2.97 bits per heavy atom. The Morgan fingerprint density at radius 2 is 2.17 bits per heavy atom. The zero-order valence-corrected chi connectivity index (χ0v) is 17.2. The van der Waals surface area contributed by atoms with Gasteiger partial charge in [0.25, 0.3) is 11.5 Å². The number of aromatic amines is 1. The van der Waals surface area contributed by atoms with E-state index < -0.39 is 0 Å². The summed E-state index contributed by atoms with van der Waals surface area (Å²) in [7, 11) is 0. The Labute approximate surface area is 176 Å². The van der Waals surface area contributed by atoms with E-state index in [1.54, 1.807) is 6.07 Å². The molecule has 30 heavy (non-hydrogen) atoms. The normalized spacial score (nSPS) is 17.1. The van der Waals surface area contributed by atoms with Gasteiger partial charge in [-0.1, -0.05) is 5.21 Å². The van der Waals surface area contributed by atoms with Gasteiger partial charge in [0.05, 0.1) is 28.4 Å². The second-order valence-electron chi connectivity index (χ2n) is 7.95. The van der Waals surface area contributed by atoms with Crippen LogP contribution in [0.25, 0.3) is 10.1 Å². The first-order valence-electron chi connectivity index (χ1n) is 10.1. The smallest absolute Gasteiger partial charge is 0.256 e. The van der Waals surface area contributed by atoms with Crippen LogP contribution in [0.3, 0.4) is 0 Å². The van der Waals surface area contributed by atoms with Gasteiger partial charge >= 0.3 is 0 Å². The molecule has 0 aromatic carbocycles. The van der Waals surface area contributed by atoms with E-state index in [0.717, 1.165) is 36.3 Å². The molecule has 0 bridgehead atoms. The largest absolute Gasteiger partial charge is 0.338 e. The summed E-state index contributed by atoms with van der Waals surface area (Å²) in [5.41, 5.74) is 1.22. The molecule has 0 radical (unpaired) electrons. The molecule has 156 valence electrons. The van der Waals surface area contributed by atoms with Gasteiger partial charge in [0.1, 0.15) is 5.69 Å². The van der Waals surface area contributed by atoms with Crippen LogP contribution < -0.4 is 5.56 Å². The third-order valence-corrected chi connectivity index (χ3v) is 6.80. The van der Waals surface area contributed by atoms with Gasteiger partial charge in [0.15, 0.2) is 0 Å². The van der Waals surface area contributed by atoms with Gasteiger partial charge in [-0.15, -0.1) is 16.4 Å². The van der Waals surface area contributed by atoms with E-state index in [-0.39, 0.29) is 17.4 Å². The second kappa shape index (κ2) is 7.67. The van der Waals surface area contributed by atoms with Crippen LogP contribution in [0, 0.1) is 5.92 Å². The number of amides is 2. The number of thiophene rings is 1. The zero-order valence-electron chi connectivity index (χ0n) is 16.4. The lowest BCUT2D eigenvalue weighted by atomic mass is 9.95. The van der Waals surface area contributed by atoms with Crippen LogP contribution in [-0.2, 0) is 17.9 Å². The van der Waals surface area contributed by atoms with E-state index in [4.69, 9.17) is 0 Å². The molecule has 0 atom stereocenters. The molecule has 2 saturated heterocycles. The van der Waals surface area contributed by atoms with Crippen molar-refractivity contribution in [1.82, 2.24) is 29.8 Å². The topological polar surface area (TPSA) is 104 Å². The molecule has 10 heteroatoms. The van der Waals surface area contributed by atoms with Gasteiger partial charge in [-0.25, -0.2) is 0 Å².